The van der Waals surface area contributed by atoms with Crippen molar-refractivity contribution in [3.8, 4) is 16.9 Å². The Morgan fingerprint density at radius 1 is 0.889 bits per heavy atom. The molecular formula is C14H7ClN2O. The molecule has 18 heavy (non-hydrogen) atoms. The lowest BCUT2D eigenvalue weighted by atomic mass is 9.92. The number of aromatic hydroxyl groups is 1. The largest absolute Gasteiger partial charge is 0.505 e. The van der Waals surface area contributed by atoms with Gasteiger partial charge in [-0.1, -0.05) is 23.7 Å². The van der Waals surface area contributed by atoms with Crippen LogP contribution in [0.2, 0.25) is 5.02 Å². The number of hydrogen-bond donors (Lipinski definition) is 1. The van der Waals surface area contributed by atoms with Gasteiger partial charge in [-0.25, -0.2) is 0 Å². The Morgan fingerprint density at radius 2 is 1.56 bits per heavy atom. The molecule has 0 aliphatic carbocycles. The van der Waals surface area contributed by atoms with Crippen LogP contribution in [0.1, 0.15) is 11.1 Å². The molecule has 0 fully saturated rings. The van der Waals surface area contributed by atoms with Gasteiger partial charge < -0.3 is 5.11 Å². The summed E-state index contributed by atoms with van der Waals surface area (Å²) < 4.78 is 0. The third-order valence-corrected chi connectivity index (χ3v) is 3.53. The molecule has 0 atom stereocenters. The smallest absolute Gasteiger partial charge is 0.151 e. The lowest BCUT2D eigenvalue weighted by Crippen LogP contribution is -1.97. The molecule has 0 saturated heterocycles. The normalized spacial score (nSPS) is 13.6. The number of benzene rings is 2. The number of aliphatic imine (C=N–C) groups is 2. The highest BCUT2D eigenvalue weighted by Crippen LogP contribution is 2.52. The van der Waals surface area contributed by atoms with Gasteiger partial charge in [0.15, 0.2) is 5.75 Å². The van der Waals surface area contributed by atoms with Crippen molar-refractivity contribution in [1.29, 1.82) is 0 Å². The summed E-state index contributed by atoms with van der Waals surface area (Å²) in [6, 6.07) is 7.51. The van der Waals surface area contributed by atoms with Crippen molar-refractivity contribution in [3.05, 3.63) is 40.4 Å². The van der Waals surface area contributed by atoms with Crippen molar-refractivity contribution < 1.29 is 5.11 Å². The van der Waals surface area contributed by atoms with Crippen molar-refractivity contribution in [2.75, 3.05) is 0 Å². The summed E-state index contributed by atoms with van der Waals surface area (Å²) in [5.74, 6) is 0.241. The van der Waals surface area contributed by atoms with Gasteiger partial charge in [0, 0.05) is 34.1 Å². The highest BCUT2D eigenvalue weighted by Gasteiger charge is 2.29. The molecular weight excluding hydrogens is 248 g/mol. The van der Waals surface area contributed by atoms with Crippen LogP contribution >= 0.6 is 11.6 Å². The minimum absolute atomic E-state index is 0.241. The lowest BCUT2D eigenvalue weighted by Gasteiger charge is -2.18. The molecule has 2 aliphatic heterocycles. The minimum atomic E-state index is 0.241. The van der Waals surface area contributed by atoms with Crippen LogP contribution < -0.4 is 0 Å². The summed E-state index contributed by atoms with van der Waals surface area (Å²) in [5, 5.41) is 10.8. The van der Waals surface area contributed by atoms with E-state index in [-0.39, 0.29) is 5.75 Å². The maximum atomic E-state index is 10.1. The second-order valence-electron chi connectivity index (χ2n) is 4.27. The van der Waals surface area contributed by atoms with E-state index in [1.807, 2.05) is 24.3 Å². The van der Waals surface area contributed by atoms with Gasteiger partial charge in [0.05, 0.1) is 5.69 Å². The van der Waals surface area contributed by atoms with Crippen molar-refractivity contribution in [2.24, 2.45) is 9.98 Å². The fourth-order valence-corrected chi connectivity index (χ4v) is 2.49. The lowest BCUT2D eigenvalue weighted by molar-refractivity contribution is 0.478. The van der Waals surface area contributed by atoms with Crippen LogP contribution in [0, 0.1) is 0 Å². The highest BCUT2D eigenvalue weighted by atomic mass is 35.5. The van der Waals surface area contributed by atoms with Crippen molar-refractivity contribution >= 4 is 35.4 Å². The van der Waals surface area contributed by atoms with Crippen LogP contribution in [0.5, 0.6) is 5.75 Å². The minimum Gasteiger partial charge on any atom is -0.505 e. The summed E-state index contributed by atoms with van der Waals surface area (Å²) in [4.78, 5) is 8.51. The number of phenols is 1. The zero-order chi connectivity index (χ0) is 12.3. The fourth-order valence-electron chi connectivity index (χ4n) is 2.36. The average Bonchev–Trinajstić information content (AvgIpc) is 2.62. The topological polar surface area (TPSA) is 45.0 Å². The number of fused-ring (bicyclic) bond motifs is 4. The molecule has 2 aromatic carbocycles. The van der Waals surface area contributed by atoms with Gasteiger partial charge in [0.2, 0.25) is 0 Å². The van der Waals surface area contributed by atoms with Crippen LogP contribution in [0.25, 0.3) is 11.1 Å². The van der Waals surface area contributed by atoms with E-state index in [4.69, 9.17) is 11.6 Å². The Labute approximate surface area is 108 Å². The zero-order valence-electron chi connectivity index (χ0n) is 9.18. The summed E-state index contributed by atoms with van der Waals surface area (Å²) in [5.41, 5.74) is 5.09. The number of rotatable bonds is 1. The molecule has 0 aromatic heterocycles. The molecule has 2 bridgehead atoms. The third-order valence-electron chi connectivity index (χ3n) is 3.27. The van der Waals surface area contributed by atoms with E-state index in [9.17, 15) is 5.11 Å². The van der Waals surface area contributed by atoms with Crippen LogP contribution in [0.3, 0.4) is 0 Å². The standard InChI is InChI=1S/C14H7ClN2O/c15-8-3-1-7(2-4-8)11-9-5-17-13(14(9)18)10-6-16-12(10)11/h1-6,18H. The first-order valence-corrected chi connectivity index (χ1v) is 5.90. The van der Waals surface area contributed by atoms with E-state index in [1.165, 1.54) is 0 Å². The number of phenolic OH excluding ortho intramolecular Hbond substituents is 1. The molecule has 0 saturated carbocycles. The van der Waals surface area contributed by atoms with E-state index in [0.717, 1.165) is 27.9 Å². The first-order chi connectivity index (χ1) is 8.75. The summed E-state index contributed by atoms with van der Waals surface area (Å²) in [7, 11) is 0. The quantitative estimate of drug-likeness (QED) is 0.551. The first kappa shape index (κ1) is 9.85. The molecule has 4 heteroatoms. The second kappa shape index (κ2) is 3.21. The van der Waals surface area contributed by atoms with Crippen molar-refractivity contribution in [2.45, 2.75) is 0 Å². The third kappa shape index (κ3) is 1.09. The van der Waals surface area contributed by atoms with Gasteiger partial charge >= 0.3 is 0 Å². The predicted octanol–water partition coefficient (Wildman–Crippen LogP) is 3.84. The molecule has 4 rings (SSSR count). The van der Waals surface area contributed by atoms with Gasteiger partial charge in [-0.15, -0.1) is 0 Å². The Kier molecular flexibility index (Phi) is 1.76. The van der Waals surface area contributed by atoms with E-state index < -0.39 is 0 Å². The Morgan fingerprint density at radius 3 is 2.22 bits per heavy atom. The van der Waals surface area contributed by atoms with E-state index in [1.54, 1.807) is 12.4 Å². The van der Waals surface area contributed by atoms with Crippen LogP contribution in [0.15, 0.2) is 34.3 Å². The molecule has 0 amide bonds. The number of halogens is 1. The predicted molar refractivity (Wildman–Crippen MR) is 73.1 cm³/mol. The maximum absolute atomic E-state index is 10.1. The molecule has 2 heterocycles. The molecule has 0 spiro atoms. The number of hydrogen-bond acceptors (Lipinski definition) is 3. The first-order valence-electron chi connectivity index (χ1n) is 5.52. The van der Waals surface area contributed by atoms with Crippen molar-refractivity contribution in [1.82, 2.24) is 0 Å². The van der Waals surface area contributed by atoms with Crippen LogP contribution in [0.4, 0.5) is 11.4 Å². The zero-order valence-corrected chi connectivity index (χ0v) is 9.94. The molecule has 0 unspecified atom stereocenters. The Hall–Kier alpha value is -2.13. The summed E-state index contributed by atoms with van der Waals surface area (Å²) in [6.07, 6.45) is 3.42. The van der Waals surface area contributed by atoms with Gasteiger partial charge in [-0.2, -0.15) is 0 Å². The van der Waals surface area contributed by atoms with Crippen LogP contribution in [-0.2, 0) is 0 Å². The van der Waals surface area contributed by atoms with E-state index in [2.05, 4.69) is 9.98 Å². The molecule has 1 N–H and O–H groups in total. The van der Waals surface area contributed by atoms with Crippen LogP contribution in [-0.4, -0.2) is 17.5 Å². The summed E-state index contributed by atoms with van der Waals surface area (Å²) in [6.45, 7) is 0. The molecule has 3 nitrogen and oxygen atoms in total. The maximum Gasteiger partial charge on any atom is 0.151 e. The fraction of sp³-hybridized carbons (Fsp3) is 0. The molecule has 0 radical (unpaired) electrons. The van der Waals surface area contributed by atoms with Gasteiger partial charge in [0.1, 0.15) is 5.69 Å². The summed E-state index contributed by atoms with van der Waals surface area (Å²) >= 11 is 5.89. The Balaban J connectivity index is 2.05. The highest BCUT2D eigenvalue weighted by molar-refractivity contribution is 6.30. The average molecular weight is 255 g/mol. The second-order valence-corrected chi connectivity index (χ2v) is 4.71. The van der Waals surface area contributed by atoms with Gasteiger partial charge in [-0.3, -0.25) is 9.98 Å². The van der Waals surface area contributed by atoms with Crippen molar-refractivity contribution in [3.63, 3.8) is 0 Å². The van der Waals surface area contributed by atoms with Gasteiger partial charge in [-0.05, 0) is 17.7 Å². The Bertz CT molecular complexity index is 746. The number of nitrogens with zero attached hydrogens (tertiary/aromatic N) is 2. The molecule has 2 aliphatic rings. The molecule has 2 aromatic rings. The van der Waals surface area contributed by atoms with E-state index >= 15 is 0 Å². The van der Waals surface area contributed by atoms with E-state index in [0.29, 0.717) is 10.7 Å². The SMILES string of the molecule is Oc1c2c(-c3ccc(Cl)cc3)c3c(c1N=C2)C=N3. The molecule has 86 valence electrons. The monoisotopic (exact) mass is 254 g/mol. The van der Waals surface area contributed by atoms with Gasteiger partial charge in [0.25, 0.3) is 0 Å².